The number of amides is 3. The van der Waals surface area contributed by atoms with Gasteiger partial charge in [-0.2, -0.15) is 0 Å². The van der Waals surface area contributed by atoms with Crippen molar-refractivity contribution in [1.29, 1.82) is 0 Å². The Morgan fingerprint density at radius 1 is 1.16 bits per heavy atom. The lowest BCUT2D eigenvalue weighted by Gasteiger charge is -2.38. The Hall–Kier alpha value is -1.28. The summed E-state index contributed by atoms with van der Waals surface area (Å²) in [6.07, 6.45) is 4.69. The van der Waals surface area contributed by atoms with Gasteiger partial charge in [-0.15, -0.1) is 11.8 Å². The summed E-state index contributed by atoms with van der Waals surface area (Å²) in [5, 5.41) is 15.2. The van der Waals surface area contributed by atoms with E-state index < -0.39 is 22.2 Å². The highest BCUT2D eigenvalue weighted by atomic mass is 32.2. The summed E-state index contributed by atoms with van der Waals surface area (Å²) in [6, 6.07) is -0.557. The fourth-order valence-electron chi connectivity index (χ4n) is 6.50. The van der Waals surface area contributed by atoms with Crippen molar-refractivity contribution >= 4 is 29.5 Å². The molecule has 0 aromatic heterocycles. The molecule has 3 rings (SSSR count). The zero-order chi connectivity index (χ0) is 23.9. The topological polar surface area (TPSA) is 98.7 Å². The highest BCUT2D eigenvalue weighted by Crippen LogP contribution is 2.66. The van der Waals surface area contributed by atoms with E-state index >= 15 is 0 Å². The molecule has 0 radical (unpaired) electrons. The maximum Gasteiger partial charge on any atom is 0.244 e. The minimum Gasteiger partial charge on any atom is -0.396 e. The van der Waals surface area contributed by atoms with Crippen molar-refractivity contribution in [3.05, 3.63) is 0 Å². The van der Waals surface area contributed by atoms with Crippen LogP contribution in [-0.4, -0.2) is 69.5 Å². The fraction of sp³-hybridized carbons (Fsp3) is 0.875. The van der Waals surface area contributed by atoms with Gasteiger partial charge in [-0.3, -0.25) is 14.4 Å². The van der Waals surface area contributed by atoms with Crippen LogP contribution in [0.4, 0.5) is 0 Å². The molecule has 182 valence electrons. The molecule has 3 aliphatic rings. The number of rotatable bonds is 9. The number of aliphatic hydroxyl groups is 1. The molecule has 3 N–H and O–H groups in total. The van der Waals surface area contributed by atoms with Crippen LogP contribution in [0.25, 0.3) is 0 Å². The van der Waals surface area contributed by atoms with Gasteiger partial charge >= 0.3 is 0 Å². The lowest BCUT2D eigenvalue weighted by atomic mass is 9.70. The van der Waals surface area contributed by atoms with E-state index in [4.69, 9.17) is 5.11 Å². The van der Waals surface area contributed by atoms with Crippen LogP contribution in [0.15, 0.2) is 0 Å². The van der Waals surface area contributed by atoms with Crippen molar-refractivity contribution in [3.63, 3.8) is 0 Å². The Kier molecular flexibility index (Phi) is 7.26. The second-order valence-corrected chi connectivity index (χ2v) is 13.2. The van der Waals surface area contributed by atoms with Crippen LogP contribution in [0, 0.1) is 17.3 Å². The van der Waals surface area contributed by atoms with Gasteiger partial charge in [-0.1, -0.05) is 20.8 Å². The quantitative estimate of drug-likeness (QED) is 0.452. The summed E-state index contributed by atoms with van der Waals surface area (Å²) in [4.78, 5) is 42.0. The first-order valence-electron chi connectivity index (χ1n) is 12.0. The minimum atomic E-state index is -0.557. The number of likely N-dealkylation sites (tertiary alicyclic amines) is 1. The Labute approximate surface area is 196 Å². The van der Waals surface area contributed by atoms with Crippen molar-refractivity contribution in [1.82, 2.24) is 15.5 Å². The average Bonchev–Trinajstić information content (AvgIpc) is 3.29. The lowest BCUT2D eigenvalue weighted by Crippen LogP contribution is -2.58. The molecule has 3 aliphatic heterocycles. The standard InChI is InChI=1S/C24H41N3O4S/c1-22(2,3)14-23(4,5)26-20(30)18-24-11-10-15(32-24)16(19(29)25-6)17(24)21(31)27(18)12-8-7-9-13-28/h15-18,28H,7-14H2,1-6H3,(H,25,29)(H,26,30)/t15-,16+,17-,18?,24?/m0/s1. The highest BCUT2D eigenvalue weighted by molar-refractivity contribution is 8.02. The third kappa shape index (κ3) is 4.67. The molecule has 3 fully saturated rings. The summed E-state index contributed by atoms with van der Waals surface area (Å²) in [5.74, 6) is -1.04. The number of nitrogens with zero attached hydrogens (tertiary/aromatic N) is 1. The van der Waals surface area contributed by atoms with Gasteiger partial charge in [-0.25, -0.2) is 0 Å². The van der Waals surface area contributed by atoms with E-state index in [1.807, 2.05) is 13.8 Å². The highest BCUT2D eigenvalue weighted by Gasteiger charge is 2.73. The van der Waals surface area contributed by atoms with Gasteiger partial charge in [0.05, 0.1) is 16.6 Å². The van der Waals surface area contributed by atoms with Crippen LogP contribution < -0.4 is 10.6 Å². The molecule has 0 aromatic rings. The molecule has 3 heterocycles. The smallest absolute Gasteiger partial charge is 0.244 e. The number of carbonyl (C=O) groups excluding carboxylic acids is 3. The largest absolute Gasteiger partial charge is 0.396 e. The minimum absolute atomic E-state index is 0.0499. The van der Waals surface area contributed by atoms with E-state index in [0.29, 0.717) is 13.0 Å². The van der Waals surface area contributed by atoms with Gasteiger partial charge in [0.1, 0.15) is 6.04 Å². The van der Waals surface area contributed by atoms with Crippen molar-refractivity contribution in [3.8, 4) is 0 Å². The molecule has 3 amide bonds. The number of hydrogen-bond acceptors (Lipinski definition) is 5. The van der Waals surface area contributed by atoms with Crippen LogP contribution in [0.1, 0.15) is 73.1 Å². The van der Waals surface area contributed by atoms with Crippen LogP contribution in [0.3, 0.4) is 0 Å². The summed E-state index contributed by atoms with van der Waals surface area (Å²) in [5.41, 5.74) is -0.352. The Morgan fingerprint density at radius 2 is 1.84 bits per heavy atom. The molecular weight excluding hydrogens is 426 g/mol. The second-order valence-electron chi connectivity index (χ2n) is 11.6. The SMILES string of the molecule is CNC(=O)[C@@H]1[C@@H]2CCC3(S2)C(C(=O)NC(C)(C)CC(C)(C)C)N(CCCCCO)C(=O)[C@H]13. The van der Waals surface area contributed by atoms with Crippen LogP contribution in [0.5, 0.6) is 0 Å². The normalized spacial score (nSPS) is 31.7. The maximum absolute atomic E-state index is 13.8. The number of nitrogens with one attached hydrogen (secondary N) is 2. The maximum atomic E-state index is 13.8. The molecule has 0 aliphatic carbocycles. The van der Waals surface area contributed by atoms with Gasteiger partial charge in [-0.05, 0) is 57.8 Å². The number of carbonyl (C=O) groups is 3. The van der Waals surface area contributed by atoms with Crippen molar-refractivity contribution < 1.29 is 19.5 Å². The number of fused-ring (bicyclic) bond motifs is 1. The van der Waals surface area contributed by atoms with Crippen molar-refractivity contribution in [2.24, 2.45) is 17.3 Å². The predicted molar refractivity (Wildman–Crippen MR) is 127 cm³/mol. The van der Waals surface area contributed by atoms with E-state index in [0.717, 1.165) is 32.1 Å². The molecular formula is C24H41N3O4S. The molecule has 1 spiro atoms. The molecule has 2 bridgehead atoms. The van der Waals surface area contributed by atoms with Crippen LogP contribution in [-0.2, 0) is 14.4 Å². The predicted octanol–water partition coefficient (Wildman–Crippen LogP) is 2.32. The first kappa shape index (κ1) is 25.3. The number of unbranched alkanes of at least 4 members (excludes halogenated alkanes) is 2. The van der Waals surface area contributed by atoms with E-state index in [1.54, 1.807) is 23.7 Å². The third-order valence-corrected chi connectivity index (χ3v) is 9.04. The van der Waals surface area contributed by atoms with Gasteiger partial charge in [0.2, 0.25) is 17.7 Å². The van der Waals surface area contributed by atoms with E-state index in [2.05, 4.69) is 31.4 Å². The van der Waals surface area contributed by atoms with Crippen LogP contribution >= 0.6 is 11.8 Å². The summed E-state index contributed by atoms with van der Waals surface area (Å²) >= 11 is 1.70. The zero-order valence-corrected chi connectivity index (χ0v) is 21.3. The van der Waals surface area contributed by atoms with Crippen molar-refractivity contribution in [2.45, 2.75) is 94.7 Å². The first-order valence-corrected chi connectivity index (χ1v) is 12.9. The molecule has 32 heavy (non-hydrogen) atoms. The summed E-state index contributed by atoms with van der Waals surface area (Å²) in [6.45, 7) is 11.2. The molecule has 7 nitrogen and oxygen atoms in total. The average molecular weight is 468 g/mol. The molecule has 0 aromatic carbocycles. The molecule has 5 atom stereocenters. The first-order chi connectivity index (χ1) is 14.9. The van der Waals surface area contributed by atoms with E-state index in [9.17, 15) is 14.4 Å². The molecule has 0 saturated carbocycles. The zero-order valence-electron chi connectivity index (χ0n) is 20.5. The Morgan fingerprint density at radius 3 is 2.44 bits per heavy atom. The molecule has 2 unspecified atom stereocenters. The van der Waals surface area contributed by atoms with Gasteiger partial charge in [0, 0.05) is 31.0 Å². The van der Waals surface area contributed by atoms with Gasteiger partial charge < -0.3 is 20.6 Å². The summed E-state index contributed by atoms with van der Waals surface area (Å²) in [7, 11) is 1.62. The summed E-state index contributed by atoms with van der Waals surface area (Å²) < 4.78 is -0.530. The Balaban J connectivity index is 1.90. The van der Waals surface area contributed by atoms with E-state index in [1.165, 1.54) is 0 Å². The lowest BCUT2D eigenvalue weighted by molar-refractivity contribution is -0.140. The van der Waals surface area contributed by atoms with Gasteiger partial charge in [0.25, 0.3) is 0 Å². The number of aliphatic hydroxyl groups excluding tert-OH is 1. The molecule has 3 saturated heterocycles. The fourth-order valence-corrected chi connectivity index (χ4v) is 8.72. The van der Waals surface area contributed by atoms with Crippen molar-refractivity contribution in [2.75, 3.05) is 20.2 Å². The van der Waals surface area contributed by atoms with Gasteiger partial charge in [0.15, 0.2) is 0 Å². The Bertz CT molecular complexity index is 750. The number of thioether (sulfide) groups is 1. The second kappa shape index (κ2) is 9.16. The van der Waals surface area contributed by atoms with Crippen LogP contribution in [0.2, 0.25) is 0 Å². The monoisotopic (exact) mass is 467 g/mol. The number of hydrogen-bond donors (Lipinski definition) is 3. The van der Waals surface area contributed by atoms with E-state index in [-0.39, 0.29) is 40.9 Å². The third-order valence-electron chi connectivity index (χ3n) is 7.09. The molecule has 8 heteroatoms.